The van der Waals surface area contributed by atoms with Gasteiger partial charge in [0.05, 0.1) is 23.7 Å². The molecule has 0 amide bonds. The van der Waals surface area contributed by atoms with E-state index in [1.54, 1.807) is 0 Å². The predicted octanol–water partition coefficient (Wildman–Crippen LogP) is 1.82. The van der Waals surface area contributed by atoms with E-state index in [1.807, 2.05) is 33.3 Å². The first-order chi connectivity index (χ1) is 7.52. The third-order valence-corrected chi connectivity index (χ3v) is 3.19. The van der Waals surface area contributed by atoms with E-state index >= 15 is 0 Å². The molecule has 2 rings (SSSR count). The Morgan fingerprint density at radius 3 is 2.81 bits per heavy atom. The highest BCUT2D eigenvalue weighted by atomic mass is 16.5. The third kappa shape index (κ3) is 2.13. The molecule has 0 radical (unpaired) electrons. The van der Waals surface area contributed by atoms with Gasteiger partial charge in [-0.15, -0.1) is 0 Å². The molecule has 1 aliphatic rings. The van der Waals surface area contributed by atoms with Crippen molar-refractivity contribution in [3.05, 3.63) is 18.2 Å². The van der Waals surface area contributed by atoms with E-state index < -0.39 is 0 Å². The second kappa shape index (κ2) is 4.18. The van der Waals surface area contributed by atoms with Gasteiger partial charge in [0.25, 0.3) is 0 Å². The van der Waals surface area contributed by atoms with Gasteiger partial charge in [0.1, 0.15) is 0 Å². The van der Waals surface area contributed by atoms with E-state index in [0.29, 0.717) is 12.1 Å². The lowest BCUT2D eigenvalue weighted by Crippen LogP contribution is -2.38. The number of imidazole rings is 1. The van der Waals surface area contributed by atoms with Crippen LogP contribution < -0.4 is 5.73 Å². The first-order valence-corrected chi connectivity index (χ1v) is 5.95. The van der Waals surface area contributed by atoms with E-state index in [0.717, 1.165) is 25.1 Å². The molecule has 0 bridgehead atoms. The highest BCUT2D eigenvalue weighted by Gasteiger charge is 2.33. The number of nitrogens with zero attached hydrogens (tertiary/aromatic N) is 2. The summed E-state index contributed by atoms with van der Waals surface area (Å²) in [6, 6.07) is 0.511. The van der Waals surface area contributed by atoms with Gasteiger partial charge in [-0.3, -0.25) is 0 Å². The van der Waals surface area contributed by atoms with Crippen molar-refractivity contribution >= 4 is 0 Å². The summed E-state index contributed by atoms with van der Waals surface area (Å²) in [6.45, 7) is 6.87. The minimum Gasteiger partial charge on any atom is -0.378 e. The zero-order chi connectivity index (χ0) is 11.8. The summed E-state index contributed by atoms with van der Waals surface area (Å²) in [5.74, 6) is 0. The molecule has 4 nitrogen and oxygen atoms in total. The summed E-state index contributed by atoms with van der Waals surface area (Å²) < 4.78 is 7.77. The molecule has 16 heavy (non-hydrogen) atoms. The van der Waals surface area contributed by atoms with E-state index in [4.69, 9.17) is 10.5 Å². The summed E-state index contributed by atoms with van der Waals surface area (Å²) >= 11 is 0. The van der Waals surface area contributed by atoms with Gasteiger partial charge in [0, 0.05) is 18.8 Å². The number of nitrogens with two attached hydrogens (primary N) is 1. The van der Waals surface area contributed by atoms with Crippen LogP contribution in [-0.4, -0.2) is 22.3 Å². The van der Waals surface area contributed by atoms with Gasteiger partial charge < -0.3 is 15.0 Å². The molecule has 1 aliphatic carbocycles. The third-order valence-electron chi connectivity index (χ3n) is 3.19. The first kappa shape index (κ1) is 11.6. The first-order valence-electron chi connectivity index (χ1n) is 5.95. The van der Waals surface area contributed by atoms with Crippen molar-refractivity contribution in [3.63, 3.8) is 0 Å². The lowest BCUT2D eigenvalue weighted by atomic mass is 9.88. The van der Waals surface area contributed by atoms with Crippen molar-refractivity contribution in [2.45, 2.75) is 51.3 Å². The highest BCUT2D eigenvalue weighted by Crippen LogP contribution is 2.36. The smallest absolute Gasteiger partial charge is 0.0951 e. The summed E-state index contributed by atoms with van der Waals surface area (Å²) in [7, 11) is 0. The van der Waals surface area contributed by atoms with Crippen LogP contribution in [0.4, 0.5) is 0 Å². The number of ether oxygens (including phenoxy) is 1. The molecule has 0 aromatic carbocycles. The number of hydrogen-bond donors (Lipinski definition) is 1. The monoisotopic (exact) mass is 223 g/mol. The van der Waals surface area contributed by atoms with Crippen molar-refractivity contribution < 1.29 is 4.74 Å². The molecule has 1 heterocycles. The molecule has 4 heteroatoms. The number of rotatable bonds is 4. The fourth-order valence-electron chi connectivity index (χ4n) is 2.23. The molecule has 1 aromatic rings. The van der Waals surface area contributed by atoms with Crippen LogP contribution in [0.5, 0.6) is 0 Å². The zero-order valence-electron chi connectivity index (χ0n) is 10.3. The van der Waals surface area contributed by atoms with Crippen LogP contribution in [0.2, 0.25) is 0 Å². The Bertz CT molecular complexity index is 347. The number of hydrogen-bond acceptors (Lipinski definition) is 3. The molecular formula is C12H21N3O. The van der Waals surface area contributed by atoms with Gasteiger partial charge in [-0.05, 0) is 33.6 Å². The average molecular weight is 223 g/mol. The molecule has 90 valence electrons. The minimum absolute atomic E-state index is 0.326. The maximum Gasteiger partial charge on any atom is 0.0951 e. The Hall–Kier alpha value is -0.870. The summed E-state index contributed by atoms with van der Waals surface area (Å²) in [6.07, 6.45) is 6.33. The van der Waals surface area contributed by atoms with Gasteiger partial charge in [-0.25, -0.2) is 4.98 Å². The molecule has 1 fully saturated rings. The maximum atomic E-state index is 6.12. The van der Waals surface area contributed by atoms with Crippen LogP contribution in [0.15, 0.2) is 12.5 Å². The Balaban J connectivity index is 2.04. The van der Waals surface area contributed by atoms with Gasteiger partial charge in [0.15, 0.2) is 0 Å². The Morgan fingerprint density at radius 1 is 1.56 bits per heavy atom. The van der Waals surface area contributed by atoms with Gasteiger partial charge in [-0.2, -0.15) is 0 Å². The van der Waals surface area contributed by atoms with Crippen LogP contribution in [0, 0.1) is 0 Å². The van der Waals surface area contributed by atoms with Gasteiger partial charge >= 0.3 is 0 Å². The molecule has 0 atom stereocenters. The van der Waals surface area contributed by atoms with Gasteiger partial charge in [-0.1, -0.05) is 0 Å². The average Bonchev–Trinajstić information content (AvgIpc) is 2.57. The fourth-order valence-corrected chi connectivity index (χ4v) is 2.23. The topological polar surface area (TPSA) is 53.1 Å². The largest absolute Gasteiger partial charge is 0.378 e. The Kier molecular flexibility index (Phi) is 3.04. The molecular weight excluding hydrogens is 202 g/mol. The predicted molar refractivity (Wildman–Crippen MR) is 63.1 cm³/mol. The molecule has 0 aliphatic heterocycles. The van der Waals surface area contributed by atoms with Crippen LogP contribution in [0.1, 0.15) is 45.3 Å². The molecule has 1 saturated carbocycles. The summed E-state index contributed by atoms with van der Waals surface area (Å²) in [4.78, 5) is 4.20. The van der Waals surface area contributed by atoms with Crippen molar-refractivity contribution in [3.8, 4) is 0 Å². The second-order valence-corrected chi connectivity index (χ2v) is 5.11. The minimum atomic E-state index is -0.326. The quantitative estimate of drug-likeness (QED) is 0.847. The summed E-state index contributed by atoms with van der Waals surface area (Å²) in [5.41, 5.74) is 6.90. The van der Waals surface area contributed by atoms with Gasteiger partial charge in [0.2, 0.25) is 0 Å². The van der Waals surface area contributed by atoms with Crippen molar-refractivity contribution in [1.29, 1.82) is 0 Å². The van der Waals surface area contributed by atoms with E-state index in [-0.39, 0.29) is 5.54 Å². The molecule has 0 saturated heterocycles. The van der Waals surface area contributed by atoms with Crippen LogP contribution in [0.25, 0.3) is 0 Å². The highest BCUT2D eigenvalue weighted by molar-refractivity contribution is 5.12. The Morgan fingerprint density at radius 2 is 2.25 bits per heavy atom. The van der Waals surface area contributed by atoms with E-state index in [1.165, 1.54) is 0 Å². The zero-order valence-corrected chi connectivity index (χ0v) is 10.3. The SMILES string of the molecule is CCOC1CC(n2cncc2C(C)(C)N)C1. The van der Waals surface area contributed by atoms with Crippen molar-refractivity contribution in [1.82, 2.24) is 9.55 Å². The Labute approximate surface area is 96.8 Å². The van der Waals surface area contributed by atoms with Crippen molar-refractivity contribution in [2.75, 3.05) is 6.61 Å². The van der Waals surface area contributed by atoms with Crippen LogP contribution >= 0.6 is 0 Å². The standard InChI is InChI=1S/C12H21N3O/c1-4-16-10-5-9(6-10)15-8-14-7-11(15)12(2,3)13/h7-10H,4-6,13H2,1-3H3. The van der Waals surface area contributed by atoms with Crippen molar-refractivity contribution in [2.24, 2.45) is 5.73 Å². The molecule has 1 aromatic heterocycles. The fraction of sp³-hybridized carbons (Fsp3) is 0.750. The van der Waals surface area contributed by atoms with Crippen LogP contribution in [0.3, 0.4) is 0 Å². The number of aromatic nitrogens is 2. The molecule has 0 unspecified atom stereocenters. The molecule has 2 N–H and O–H groups in total. The lowest BCUT2D eigenvalue weighted by Gasteiger charge is -2.38. The summed E-state index contributed by atoms with van der Waals surface area (Å²) in [5, 5.41) is 0. The lowest BCUT2D eigenvalue weighted by molar-refractivity contribution is -0.0208. The van der Waals surface area contributed by atoms with E-state index in [2.05, 4.69) is 9.55 Å². The van der Waals surface area contributed by atoms with Crippen LogP contribution in [-0.2, 0) is 10.3 Å². The van der Waals surface area contributed by atoms with E-state index in [9.17, 15) is 0 Å². The normalized spacial score (nSPS) is 25.5. The second-order valence-electron chi connectivity index (χ2n) is 5.11. The maximum absolute atomic E-state index is 6.12. The molecule has 0 spiro atoms.